The minimum atomic E-state index is 0.390. The van der Waals surface area contributed by atoms with Gasteiger partial charge >= 0.3 is 0 Å². The first kappa shape index (κ1) is 14.4. The van der Waals surface area contributed by atoms with E-state index in [0.29, 0.717) is 12.1 Å². The topological polar surface area (TPSA) is 29.0 Å². The molecule has 5 heteroatoms. The average molecular weight is 334 g/mol. The third-order valence-electron chi connectivity index (χ3n) is 4.85. The Morgan fingerprint density at radius 1 is 1.23 bits per heavy atom. The molecule has 1 aromatic carbocycles. The van der Waals surface area contributed by atoms with E-state index < -0.39 is 0 Å². The van der Waals surface area contributed by atoms with Crippen LogP contribution < -0.4 is 0 Å². The first-order valence-corrected chi connectivity index (χ1v) is 8.40. The van der Waals surface area contributed by atoms with E-state index >= 15 is 0 Å². The van der Waals surface area contributed by atoms with Gasteiger partial charge in [0.25, 0.3) is 0 Å². The van der Waals surface area contributed by atoms with Gasteiger partial charge in [-0.2, -0.15) is 0 Å². The highest BCUT2D eigenvalue weighted by Gasteiger charge is 2.41. The Hall–Kier alpha value is -1.16. The van der Waals surface area contributed by atoms with E-state index in [2.05, 4.69) is 14.9 Å². The Bertz CT molecular complexity index is 712. The quantitative estimate of drug-likeness (QED) is 0.817. The largest absolute Gasteiger partial charge is 0.289 e. The van der Waals surface area contributed by atoms with E-state index in [1.165, 1.54) is 17.7 Å². The van der Waals surface area contributed by atoms with E-state index in [-0.39, 0.29) is 0 Å². The minimum Gasteiger partial charge on any atom is -0.289 e. The normalized spacial score (nSPS) is 23.6. The van der Waals surface area contributed by atoms with Crippen LogP contribution in [0.1, 0.15) is 41.5 Å². The number of benzene rings is 1. The van der Waals surface area contributed by atoms with Crippen LogP contribution in [0, 0.1) is 6.92 Å². The third kappa shape index (κ3) is 2.32. The molecule has 22 heavy (non-hydrogen) atoms. The van der Waals surface area contributed by atoms with E-state index in [4.69, 9.17) is 23.2 Å². The molecule has 2 aliphatic heterocycles. The Morgan fingerprint density at radius 2 is 2.00 bits per heavy atom. The predicted octanol–water partition coefficient (Wildman–Crippen LogP) is 4.35. The van der Waals surface area contributed by atoms with Crippen LogP contribution in [-0.2, 0) is 13.0 Å². The molecule has 2 bridgehead atoms. The summed E-state index contributed by atoms with van der Waals surface area (Å²) in [5.74, 6) is 0.862. The molecule has 3 heterocycles. The molecule has 2 aliphatic rings. The van der Waals surface area contributed by atoms with Crippen molar-refractivity contribution in [2.75, 3.05) is 0 Å². The number of aromatic nitrogens is 2. The second-order valence-corrected chi connectivity index (χ2v) is 6.96. The van der Waals surface area contributed by atoms with Crippen molar-refractivity contribution >= 4 is 23.2 Å². The van der Waals surface area contributed by atoms with Crippen LogP contribution in [0.2, 0.25) is 10.0 Å². The fraction of sp³-hybridized carbons (Fsp3) is 0.412. The predicted molar refractivity (Wildman–Crippen MR) is 88.2 cm³/mol. The lowest BCUT2D eigenvalue weighted by Gasteiger charge is -2.36. The van der Waals surface area contributed by atoms with Crippen LogP contribution in [0.25, 0.3) is 0 Å². The molecular formula is C17H17Cl2N3. The molecule has 4 rings (SSSR count). The van der Waals surface area contributed by atoms with Crippen LogP contribution in [0.15, 0.2) is 24.4 Å². The van der Waals surface area contributed by atoms with Gasteiger partial charge < -0.3 is 0 Å². The van der Waals surface area contributed by atoms with Gasteiger partial charge in [0.2, 0.25) is 0 Å². The van der Waals surface area contributed by atoms with Crippen molar-refractivity contribution < 1.29 is 0 Å². The summed E-state index contributed by atoms with van der Waals surface area (Å²) in [5.41, 5.74) is 3.53. The number of rotatable bonds is 2. The molecule has 1 aromatic heterocycles. The molecule has 0 saturated carbocycles. The van der Waals surface area contributed by atoms with Crippen LogP contribution in [0.3, 0.4) is 0 Å². The maximum absolute atomic E-state index is 6.35. The molecule has 0 unspecified atom stereocenters. The average Bonchev–Trinajstić information content (AvgIpc) is 2.76. The molecule has 0 amide bonds. The highest BCUT2D eigenvalue weighted by molar-refractivity contribution is 6.35. The monoisotopic (exact) mass is 333 g/mol. The fourth-order valence-corrected chi connectivity index (χ4v) is 4.30. The van der Waals surface area contributed by atoms with Gasteiger partial charge in [-0.15, -0.1) is 0 Å². The van der Waals surface area contributed by atoms with Gasteiger partial charge in [0.05, 0.1) is 5.69 Å². The van der Waals surface area contributed by atoms with Gasteiger partial charge in [-0.05, 0) is 31.9 Å². The van der Waals surface area contributed by atoms with E-state index in [0.717, 1.165) is 40.8 Å². The van der Waals surface area contributed by atoms with Crippen LogP contribution >= 0.6 is 23.2 Å². The fourth-order valence-electron chi connectivity index (χ4n) is 3.79. The number of hydrogen-bond donors (Lipinski definition) is 0. The second kappa shape index (κ2) is 5.48. The van der Waals surface area contributed by atoms with Gasteiger partial charge in [0.1, 0.15) is 5.82 Å². The summed E-state index contributed by atoms with van der Waals surface area (Å²) in [4.78, 5) is 11.6. The Kier molecular flexibility index (Phi) is 3.60. The van der Waals surface area contributed by atoms with Crippen molar-refractivity contribution in [1.82, 2.24) is 14.9 Å². The summed E-state index contributed by atoms with van der Waals surface area (Å²) in [6, 6.07) is 6.63. The lowest BCUT2D eigenvalue weighted by atomic mass is 9.98. The van der Waals surface area contributed by atoms with Crippen molar-refractivity contribution in [1.29, 1.82) is 0 Å². The molecule has 2 atom stereocenters. The SMILES string of the molecule is Cc1ncc2c(n1)C[C@H]1CC[C@@H]2N1Cc1c(Cl)cccc1Cl. The molecule has 3 nitrogen and oxygen atoms in total. The first-order chi connectivity index (χ1) is 10.6. The lowest BCUT2D eigenvalue weighted by Crippen LogP contribution is -2.37. The van der Waals surface area contributed by atoms with Crippen LogP contribution in [0.4, 0.5) is 0 Å². The van der Waals surface area contributed by atoms with Crippen molar-refractivity contribution in [3.8, 4) is 0 Å². The molecule has 0 N–H and O–H groups in total. The second-order valence-electron chi connectivity index (χ2n) is 6.14. The highest BCUT2D eigenvalue weighted by Crippen LogP contribution is 2.44. The zero-order chi connectivity index (χ0) is 15.3. The zero-order valence-corrected chi connectivity index (χ0v) is 13.9. The molecule has 114 valence electrons. The molecule has 0 spiro atoms. The summed E-state index contributed by atoms with van der Waals surface area (Å²) in [6.45, 7) is 2.75. The molecule has 0 radical (unpaired) electrons. The highest BCUT2D eigenvalue weighted by atomic mass is 35.5. The smallest absolute Gasteiger partial charge is 0.125 e. The lowest BCUT2D eigenvalue weighted by molar-refractivity contribution is 0.166. The van der Waals surface area contributed by atoms with Gasteiger partial charge in [0, 0.05) is 52.4 Å². The van der Waals surface area contributed by atoms with Crippen molar-refractivity contribution in [2.45, 2.75) is 44.8 Å². The van der Waals surface area contributed by atoms with Gasteiger partial charge in [-0.25, -0.2) is 9.97 Å². The van der Waals surface area contributed by atoms with Crippen molar-refractivity contribution in [2.24, 2.45) is 0 Å². The number of nitrogens with zero attached hydrogens (tertiary/aromatic N) is 3. The zero-order valence-electron chi connectivity index (χ0n) is 12.4. The minimum absolute atomic E-state index is 0.390. The third-order valence-corrected chi connectivity index (χ3v) is 5.56. The standard InChI is InChI=1S/C17H17Cl2N3/c1-10-20-8-12-16(21-10)7-11-5-6-17(12)22(11)9-13-14(18)3-2-4-15(13)19/h2-4,8,11,17H,5-7,9H2,1H3/t11-,17+/m1/s1. The summed E-state index contributed by atoms with van der Waals surface area (Å²) < 4.78 is 0. The number of fused-ring (bicyclic) bond motifs is 4. The Labute approximate surface area is 140 Å². The number of hydrogen-bond acceptors (Lipinski definition) is 3. The summed E-state index contributed by atoms with van der Waals surface area (Å²) in [6.07, 6.45) is 5.36. The summed E-state index contributed by atoms with van der Waals surface area (Å²) in [7, 11) is 0. The maximum atomic E-state index is 6.35. The van der Waals surface area contributed by atoms with Crippen molar-refractivity contribution in [3.63, 3.8) is 0 Å². The van der Waals surface area contributed by atoms with Crippen LogP contribution in [0.5, 0.6) is 0 Å². The van der Waals surface area contributed by atoms with E-state index in [9.17, 15) is 0 Å². The van der Waals surface area contributed by atoms with E-state index in [1.807, 2.05) is 31.3 Å². The summed E-state index contributed by atoms with van der Waals surface area (Å²) in [5, 5.41) is 1.50. The molecule has 1 saturated heterocycles. The Morgan fingerprint density at radius 3 is 2.77 bits per heavy atom. The number of aryl methyl sites for hydroxylation is 1. The van der Waals surface area contributed by atoms with Gasteiger partial charge in [0.15, 0.2) is 0 Å². The molecule has 2 aromatic rings. The van der Waals surface area contributed by atoms with E-state index in [1.54, 1.807) is 0 Å². The maximum Gasteiger partial charge on any atom is 0.125 e. The first-order valence-electron chi connectivity index (χ1n) is 7.64. The number of halogens is 2. The van der Waals surface area contributed by atoms with Crippen LogP contribution in [-0.4, -0.2) is 20.9 Å². The van der Waals surface area contributed by atoms with Gasteiger partial charge in [-0.3, -0.25) is 4.90 Å². The molecule has 0 aliphatic carbocycles. The van der Waals surface area contributed by atoms with Crippen molar-refractivity contribution in [3.05, 3.63) is 57.1 Å². The summed E-state index contributed by atoms with van der Waals surface area (Å²) >= 11 is 12.7. The molecule has 1 fully saturated rings. The van der Waals surface area contributed by atoms with Gasteiger partial charge in [-0.1, -0.05) is 29.3 Å². The Balaban J connectivity index is 1.69. The molecular weight excluding hydrogens is 317 g/mol.